The molecule has 0 bridgehead atoms. The Morgan fingerprint density at radius 1 is 1.18 bits per heavy atom. The van der Waals surface area contributed by atoms with E-state index in [1.54, 1.807) is 11.8 Å². The fraction of sp³-hybridized carbons (Fsp3) is 0.273. The highest BCUT2D eigenvalue weighted by atomic mass is 16.5. The average Bonchev–Trinajstić information content (AvgIpc) is 3.12. The molecule has 28 heavy (non-hydrogen) atoms. The topological polar surface area (TPSA) is 65.4 Å². The molecule has 1 atom stereocenters. The van der Waals surface area contributed by atoms with Crippen LogP contribution in [0.15, 0.2) is 48.7 Å². The summed E-state index contributed by atoms with van der Waals surface area (Å²) in [6, 6.07) is 13.9. The van der Waals surface area contributed by atoms with E-state index in [0.29, 0.717) is 24.5 Å². The van der Waals surface area contributed by atoms with Crippen molar-refractivity contribution in [2.45, 2.75) is 26.2 Å². The third-order valence-corrected chi connectivity index (χ3v) is 4.99. The van der Waals surface area contributed by atoms with E-state index in [0.717, 1.165) is 22.6 Å². The molecule has 1 aromatic heterocycles. The van der Waals surface area contributed by atoms with Gasteiger partial charge in [-0.15, -0.1) is 0 Å². The molecular formula is C22H23N3O3. The lowest BCUT2D eigenvalue weighted by atomic mass is 9.87. The van der Waals surface area contributed by atoms with Crippen molar-refractivity contribution >= 4 is 11.7 Å². The Morgan fingerprint density at radius 2 is 1.96 bits per heavy atom. The van der Waals surface area contributed by atoms with Crippen LogP contribution in [0.25, 0.3) is 5.69 Å². The minimum absolute atomic E-state index is 0.0285. The lowest BCUT2D eigenvalue weighted by Crippen LogP contribution is -2.24. The standard InChI is InChI=1S/C22H23N3O3/c1-4-28-19-10-7-15(11-20(19)27-3)17-12-21(26)24-22-18(17)13-23-25(22)16-8-5-14(2)6-9-16/h5-11,13,17H,4,12H2,1-3H3,(H,24,26)/t17-/m0/s1. The summed E-state index contributed by atoms with van der Waals surface area (Å²) >= 11 is 0. The first-order valence-corrected chi connectivity index (χ1v) is 9.36. The molecular weight excluding hydrogens is 354 g/mol. The van der Waals surface area contributed by atoms with Gasteiger partial charge in [0.05, 0.1) is 25.6 Å². The number of fused-ring (bicyclic) bond motifs is 1. The van der Waals surface area contributed by atoms with Crippen LogP contribution in [0.4, 0.5) is 5.82 Å². The SMILES string of the molecule is CCOc1ccc([C@@H]2CC(=O)Nc3c2cnn3-c2ccc(C)cc2)cc1OC. The molecule has 1 aliphatic rings. The van der Waals surface area contributed by atoms with E-state index in [9.17, 15) is 4.79 Å². The Morgan fingerprint density at radius 3 is 2.68 bits per heavy atom. The van der Waals surface area contributed by atoms with Gasteiger partial charge in [0.1, 0.15) is 5.82 Å². The molecule has 0 radical (unpaired) electrons. The van der Waals surface area contributed by atoms with Crippen molar-refractivity contribution in [1.82, 2.24) is 9.78 Å². The number of nitrogens with one attached hydrogen (secondary N) is 1. The number of carbonyl (C=O) groups excluding carboxylic acids is 1. The van der Waals surface area contributed by atoms with Crippen molar-refractivity contribution in [3.05, 3.63) is 65.4 Å². The second-order valence-corrected chi connectivity index (χ2v) is 6.84. The Hall–Kier alpha value is -3.28. The first-order chi connectivity index (χ1) is 13.6. The van der Waals surface area contributed by atoms with Crippen LogP contribution in [0.3, 0.4) is 0 Å². The first kappa shape index (κ1) is 18.1. The zero-order valence-corrected chi connectivity index (χ0v) is 16.2. The van der Waals surface area contributed by atoms with Gasteiger partial charge in [0.2, 0.25) is 5.91 Å². The summed E-state index contributed by atoms with van der Waals surface area (Å²) in [5.41, 5.74) is 4.08. The maximum Gasteiger partial charge on any atom is 0.226 e. The van der Waals surface area contributed by atoms with E-state index >= 15 is 0 Å². The highest BCUT2D eigenvalue weighted by molar-refractivity contribution is 5.94. The highest BCUT2D eigenvalue weighted by Crippen LogP contribution is 2.40. The number of aromatic nitrogens is 2. The first-order valence-electron chi connectivity index (χ1n) is 9.36. The van der Waals surface area contributed by atoms with E-state index in [4.69, 9.17) is 9.47 Å². The number of hydrogen-bond acceptors (Lipinski definition) is 4. The van der Waals surface area contributed by atoms with Crippen LogP contribution < -0.4 is 14.8 Å². The lowest BCUT2D eigenvalue weighted by Gasteiger charge is -2.24. The zero-order valence-electron chi connectivity index (χ0n) is 16.2. The van der Waals surface area contributed by atoms with Crippen molar-refractivity contribution in [1.29, 1.82) is 0 Å². The molecule has 0 saturated carbocycles. The summed E-state index contributed by atoms with van der Waals surface area (Å²) in [5.74, 6) is 1.96. The van der Waals surface area contributed by atoms with Gasteiger partial charge in [0, 0.05) is 17.9 Å². The Labute approximate surface area is 164 Å². The molecule has 1 N–H and O–H groups in total. The molecule has 0 saturated heterocycles. The zero-order chi connectivity index (χ0) is 19.7. The third kappa shape index (κ3) is 3.22. The summed E-state index contributed by atoms with van der Waals surface area (Å²) in [5, 5.41) is 7.53. The van der Waals surface area contributed by atoms with E-state index in [1.165, 1.54) is 5.56 Å². The number of methoxy groups -OCH3 is 1. The van der Waals surface area contributed by atoms with E-state index in [2.05, 4.69) is 10.4 Å². The number of carbonyl (C=O) groups is 1. The molecule has 1 amide bonds. The molecule has 3 aromatic rings. The van der Waals surface area contributed by atoms with E-state index in [-0.39, 0.29) is 11.8 Å². The number of aryl methyl sites for hydroxylation is 1. The van der Waals surface area contributed by atoms with Gasteiger partial charge in [-0.3, -0.25) is 4.79 Å². The Kier molecular flexibility index (Phi) is 4.77. The number of ether oxygens (including phenoxy) is 2. The Balaban J connectivity index is 1.76. The fourth-order valence-electron chi connectivity index (χ4n) is 3.57. The number of hydrogen-bond donors (Lipinski definition) is 1. The van der Waals surface area contributed by atoms with Crippen LogP contribution in [0, 0.1) is 6.92 Å². The minimum atomic E-state index is -0.0903. The summed E-state index contributed by atoms with van der Waals surface area (Å²) in [6.07, 6.45) is 2.20. The van der Waals surface area contributed by atoms with Crippen LogP contribution in [0.5, 0.6) is 11.5 Å². The second kappa shape index (κ2) is 7.38. The van der Waals surface area contributed by atoms with Crippen LogP contribution in [-0.4, -0.2) is 29.4 Å². The van der Waals surface area contributed by atoms with Crippen LogP contribution in [0.1, 0.15) is 36.0 Å². The van der Waals surface area contributed by atoms with Crippen molar-refractivity contribution in [3.63, 3.8) is 0 Å². The van der Waals surface area contributed by atoms with Gasteiger partial charge in [-0.25, -0.2) is 4.68 Å². The highest BCUT2D eigenvalue weighted by Gasteiger charge is 2.31. The minimum Gasteiger partial charge on any atom is -0.493 e. The molecule has 0 aliphatic carbocycles. The molecule has 6 heteroatoms. The number of benzene rings is 2. The maximum absolute atomic E-state index is 12.5. The largest absolute Gasteiger partial charge is 0.493 e. The average molecular weight is 377 g/mol. The van der Waals surface area contributed by atoms with Crippen LogP contribution in [-0.2, 0) is 4.79 Å². The third-order valence-electron chi connectivity index (χ3n) is 4.99. The van der Waals surface area contributed by atoms with Crippen molar-refractivity contribution in [2.75, 3.05) is 19.0 Å². The van der Waals surface area contributed by atoms with Gasteiger partial charge in [-0.1, -0.05) is 23.8 Å². The fourth-order valence-corrected chi connectivity index (χ4v) is 3.57. The molecule has 6 nitrogen and oxygen atoms in total. The summed E-state index contributed by atoms with van der Waals surface area (Å²) in [6.45, 7) is 4.54. The van der Waals surface area contributed by atoms with E-state index < -0.39 is 0 Å². The van der Waals surface area contributed by atoms with Gasteiger partial charge < -0.3 is 14.8 Å². The molecule has 0 spiro atoms. The summed E-state index contributed by atoms with van der Waals surface area (Å²) in [4.78, 5) is 12.5. The Bertz CT molecular complexity index is 1010. The van der Waals surface area contributed by atoms with Crippen molar-refractivity contribution < 1.29 is 14.3 Å². The molecule has 4 rings (SSSR count). The van der Waals surface area contributed by atoms with Crippen molar-refractivity contribution in [3.8, 4) is 17.2 Å². The summed E-state index contributed by atoms with van der Waals surface area (Å²) in [7, 11) is 1.62. The lowest BCUT2D eigenvalue weighted by molar-refractivity contribution is -0.116. The molecule has 2 heterocycles. The van der Waals surface area contributed by atoms with Crippen LogP contribution >= 0.6 is 0 Å². The number of rotatable bonds is 5. The molecule has 144 valence electrons. The smallest absolute Gasteiger partial charge is 0.226 e. The van der Waals surface area contributed by atoms with Gasteiger partial charge in [0.25, 0.3) is 0 Å². The summed E-state index contributed by atoms with van der Waals surface area (Å²) < 4.78 is 12.9. The molecule has 1 aliphatic heterocycles. The molecule has 2 aromatic carbocycles. The number of anilines is 1. The number of amides is 1. The molecule has 0 fully saturated rings. The maximum atomic E-state index is 12.5. The number of nitrogens with zero attached hydrogens (tertiary/aromatic N) is 2. The quantitative estimate of drug-likeness (QED) is 0.728. The van der Waals surface area contributed by atoms with Gasteiger partial charge >= 0.3 is 0 Å². The van der Waals surface area contributed by atoms with Gasteiger partial charge in [0.15, 0.2) is 11.5 Å². The van der Waals surface area contributed by atoms with Gasteiger partial charge in [-0.2, -0.15) is 5.10 Å². The van der Waals surface area contributed by atoms with Crippen LogP contribution in [0.2, 0.25) is 0 Å². The van der Waals surface area contributed by atoms with Crippen molar-refractivity contribution in [2.24, 2.45) is 0 Å². The monoisotopic (exact) mass is 377 g/mol. The predicted molar refractivity (Wildman–Crippen MR) is 108 cm³/mol. The molecule has 0 unspecified atom stereocenters. The predicted octanol–water partition coefficient (Wildman–Crippen LogP) is 4.06. The normalized spacial score (nSPS) is 15.7. The van der Waals surface area contributed by atoms with Gasteiger partial charge in [-0.05, 0) is 43.7 Å². The second-order valence-electron chi connectivity index (χ2n) is 6.84. The van der Waals surface area contributed by atoms with E-state index in [1.807, 2.05) is 62.5 Å².